The maximum atomic E-state index is 13.3. The molecule has 0 aromatic heterocycles. The van der Waals surface area contributed by atoms with Crippen molar-refractivity contribution in [3.8, 4) is 11.1 Å². The van der Waals surface area contributed by atoms with E-state index in [1.807, 2.05) is 12.1 Å². The van der Waals surface area contributed by atoms with Gasteiger partial charge >= 0.3 is 5.97 Å². The number of aromatic carboxylic acids is 1. The van der Waals surface area contributed by atoms with E-state index >= 15 is 0 Å². The number of aliphatic hydroxyl groups excluding tert-OH is 1. The van der Waals surface area contributed by atoms with Crippen LogP contribution in [0.15, 0.2) is 89.8 Å². The van der Waals surface area contributed by atoms with Gasteiger partial charge < -0.3 is 21.3 Å². The molecular formula is C31H35N3O5S. The summed E-state index contributed by atoms with van der Waals surface area (Å²) in [6.45, 7) is 4.23. The fourth-order valence-electron chi connectivity index (χ4n) is 4.73. The summed E-state index contributed by atoms with van der Waals surface area (Å²) in [5, 5.41) is 25.6. The molecule has 9 heteroatoms. The lowest BCUT2D eigenvalue weighted by molar-refractivity contribution is 0.0698. The van der Waals surface area contributed by atoms with Gasteiger partial charge in [-0.05, 0) is 72.0 Å². The number of hydrogen-bond acceptors (Lipinski definition) is 6. The molecule has 1 atom stereocenters. The number of aliphatic hydroxyl groups is 1. The van der Waals surface area contributed by atoms with Crippen molar-refractivity contribution in [3.63, 3.8) is 0 Å². The highest BCUT2D eigenvalue weighted by Gasteiger charge is 2.25. The minimum Gasteiger partial charge on any atom is -0.478 e. The maximum Gasteiger partial charge on any atom is 0.337 e. The van der Waals surface area contributed by atoms with Gasteiger partial charge in [-0.1, -0.05) is 60.7 Å². The number of carboxylic acid groups (broad SMARTS) is 1. The number of nitrogens with one attached hydrogen (secondary N) is 1. The van der Waals surface area contributed by atoms with Gasteiger partial charge in [-0.15, -0.1) is 0 Å². The van der Waals surface area contributed by atoms with Crippen LogP contribution in [-0.2, 0) is 16.4 Å². The van der Waals surface area contributed by atoms with Crippen molar-refractivity contribution in [3.05, 3.63) is 96.1 Å². The molecule has 0 aliphatic rings. The summed E-state index contributed by atoms with van der Waals surface area (Å²) in [7, 11) is -2.46. The lowest BCUT2D eigenvalue weighted by Crippen LogP contribution is -2.47. The van der Waals surface area contributed by atoms with Gasteiger partial charge in [-0.2, -0.15) is 4.31 Å². The maximum absolute atomic E-state index is 13.3. The van der Waals surface area contributed by atoms with E-state index in [4.69, 9.17) is 5.73 Å². The van der Waals surface area contributed by atoms with E-state index < -0.39 is 22.1 Å². The number of likely N-dealkylation sites (N-methyl/N-ethyl adjacent to an activating group) is 1. The van der Waals surface area contributed by atoms with Crippen LogP contribution in [0.25, 0.3) is 21.9 Å². The Morgan fingerprint density at radius 3 is 2.35 bits per heavy atom. The highest BCUT2D eigenvalue weighted by Crippen LogP contribution is 2.27. The van der Waals surface area contributed by atoms with Crippen LogP contribution < -0.4 is 11.1 Å². The number of carbonyl (C=O) groups is 1. The molecule has 4 aromatic rings. The minimum absolute atomic E-state index is 0.0182. The van der Waals surface area contributed by atoms with Gasteiger partial charge in [-0.3, -0.25) is 0 Å². The predicted octanol–water partition coefficient (Wildman–Crippen LogP) is 4.38. The van der Waals surface area contributed by atoms with Crippen molar-refractivity contribution in [1.29, 1.82) is 0 Å². The molecule has 1 unspecified atom stereocenters. The molecule has 4 rings (SSSR count). The van der Waals surface area contributed by atoms with E-state index in [1.54, 1.807) is 18.2 Å². The molecule has 0 aliphatic carbocycles. The Hall–Kier alpha value is -3.76. The highest BCUT2D eigenvalue weighted by atomic mass is 32.2. The van der Waals surface area contributed by atoms with Gasteiger partial charge in [0, 0.05) is 31.4 Å². The first-order valence-electron chi connectivity index (χ1n) is 13.0. The molecule has 40 heavy (non-hydrogen) atoms. The first kappa shape index (κ1) is 29.2. The Morgan fingerprint density at radius 2 is 1.65 bits per heavy atom. The third-order valence-electron chi connectivity index (χ3n) is 6.90. The molecule has 0 bridgehead atoms. The molecule has 210 valence electrons. The zero-order valence-corrected chi connectivity index (χ0v) is 23.7. The topological polar surface area (TPSA) is 133 Å². The fourth-order valence-corrected chi connectivity index (χ4v) is 5.98. The summed E-state index contributed by atoms with van der Waals surface area (Å²) in [4.78, 5) is 11.3. The van der Waals surface area contributed by atoms with Gasteiger partial charge in [0.25, 0.3) is 0 Å². The molecule has 0 saturated carbocycles. The lowest BCUT2D eigenvalue weighted by Gasteiger charge is -2.29. The molecule has 4 aromatic carbocycles. The summed E-state index contributed by atoms with van der Waals surface area (Å²) in [5.41, 5.74) is 7.97. The van der Waals surface area contributed by atoms with E-state index in [2.05, 4.69) is 49.5 Å². The third kappa shape index (κ3) is 6.86. The van der Waals surface area contributed by atoms with Crippen molar-refractivity contribution in [2.75, 3.05) is 25.9 Å². The Labute approximate surface area is 235 Å². The predicted molar refractivity (Wildman–Crippen MR) is 159 cm³/mol. The van der Waals surface area contributed by atoms with E-state index in [9.17, 15) is 23.4 Å². The van der Waals surface area contributed by atoms with Crippen molar-refractivity contribution in [1.82, 2.24) is 9.62 Å². The van der Waals surface area contributed by atoms with Gasteiger partial charge in [0.15, 0.2) is 0 Å². The summed E-state index contributed by atoms with van der Waals surface area (Å²) in [5.74, 6) is -1.13. The molecule has 0 heterocycles. The standard InChI is InChI=1S/C31H35N3O5S/c1-31(2,18-21-11-12-22-7-4-5-8-23(22)15-21)33-19-26(35)20-34(3)40(38,39)27-10-6-9-24(16-27)25-13-14-28(30(36)37)29(32)17-25/h4-17,26,33,35H,18-20,32H2,1-3H3,(H,36,37). The number of sulfonamides is 1. The smallest absolute Gasteiger partial charge is 0.337 e. The van der Waals surface area contributed by atoms with Crippen molar-refractivity contribution in [2.24, 2.45) is 0 Å². The Balaban J connectivity index is 1.39. The third-order valence-corrected chi connectivity index (χ3v) is 8.72. The molecule has 0 saturated heterocycles. The quantitative estimate of drug-likeness (QED) is 0.200. The molecular weight excluding hydrogens is 526 g/mol. The minimum atomic E-state index is -3.90. The fraction of sp³-hybridized carbons (Fsp3) is 0.258. The van der Waals surface area contributed by atoms with Crippen LogP contribution in [0.5, 0.6) is 0 Å². The zero-order valence-electron chi connectivity index (χ0n) is 22.8. The van der Waals surface area contributed by atoms with E-state index in [1.165, 1.54) is 47.6 Å². The molecule has 0 radical (unpaired) electrons. The molecule has 0 amide bonds. The molecule has 0 aliphatic heterocycles. The Bertz CT molecular complexity index is 1640. The Kier molecular flexibility index (Phi) is 8.60. The SMILES string of the molecule is CN(CC(O)CNC(C)(C)Cc1ccc2ccccc2c1)S(=O)(=O)c1cccc(-c2ccc(C(=O)O)c(N)c2)c1. The first-order chi connectivity index (χ1) is 18.9. The summed E-state index contributed by atoms with van der Waals surface area (Å²) in [6, 6.07) is 25.4. The summed E-state index contributed by atoms with van der Waals surface area (Å²) in [6.07, 6.45) is -0.189. The van der Waals surface area contributed by atoms with Crippen LogP contribution in [0.1, 0.15) is 29.8 Å². The average Bonchev–Trinajstić information content (AvgIpc) is 2.91. The van der Waals surface area contributed by atoms with Gasteiger partial charge in [-0.25, -0.2) is 13.2 Å². The number of anilines is 1. The van der Waals surface area contributed by atoms with Crippen LogP contribution in [-0.4, -0.2) is 60.7 Å². The average molecular weight is 562 g/mol. The normalized spacial score (nSPS) is 13.0. The van der Waals surface area contributed by atoms with E-state index in [0.717, 1.165) is 10.7 Å². The first-order valence-corrected chi connectivity index (χ1v) is 14.4. The number of nitrogens with zero attached hydrogens (tertiary/aromatic N) is 1. The largest absolute Gasteiger partial charge is 0.478 e. The second-order valence-electron chi connectivity index (χ2n) is 10.7. The second kappa shape index (κ2) is 11.8. The summed E-state index contributed by atoms with van der Waals surface area (Å²) >= 11 is 0. The molecule has 5 N–H and O–H groups in total. The van der Waals surface area contributed by atoms with Crippen LogP contribution >= 0.6 is 0 Å². The van der Waals surface area contributed by atoms with E-state index in [0.29, 0.717) is 11.1 Å². The summed E-state index contributed by atoms with van der Waals surface area (Å²) < 4.78 is 27.7. The number of hydrogen-bond donors (Lipinski definition) is 4. The van der Waals surface area contributed by atoms with Crippen LogP contribution in [0.3, 0.4) is 0 Å². The van der Waals surface area contributed by atoms with Gasteiger partial charge in [0.1, 0.15) is 0 Å². The molecule has 8 nitrogen and oxygen atoms in total. The lowest BCUT2D eigenvalue weighted by atomic mass is 9.93. The van der Waals surface area contributed by atoms with Gasteiger partial charge in [0.05, 0.1) is 16.6 Å². The number of benzene rings is 4. The number of nitrogen functional groups attached to an aromatic ring is 1. The number of rotatable bonds is 11. The van der Waals surface area contributed by atoms with Crippen molar-refractivity contribution >= 4 is 32.5 Å². The Morgan fingerprint density at radius 1 is 0.950 bits per heavy atom. The van der Waals surface area contributed by atoms with Crippen molar-refractivity contribution < 1.29 is 23.4 Å². The highest BCUT2D eigenvalue weighted by molar-refractivity contribution is 7.89. The van der Waals surface area contributed by atoms with Crippen LogP contribution in [0.4, 0.5) is 5.69 Å². The zero-order chi connectivity index (χ0) is 29.1. The number of β-amino-alcohol motifs (C(OH)–C–C–N with tert-alkyl or cyclic N) is 1. The van der Waals surface area contributed by atoms with Crippen molar-refractivity contribution in [2.45, 2.75) is 36.8 Å². The number of carboxylic acids is 1. The van der Waals surface area contributed by atoms with Crippen LogP contribution in [0, 0.1) is 0 Å². The molecule has 0 spiro atoms. The number of fused-ring (bicyclic) bond motifs is 1. The second-order valence-corrected chi connectivity index (χ2v) is 12.7. The van der Waals surface area contributed by atoms with E-state index in [-0.39, 0.29) is 34.8 Å². The number of nitrogens with two attached hydrogens (primary N) is 1. The van der Waals surface area contributed by atoms with Gasteiger partial charge in [0.2, 0.25) is 10.0 Å². The van der Waals surface area contributed by atoms with Crippen LogP contribution in [0.2, 0.25) is 0 Å². The monoisotopic (exact) mass is 561 g/mol. The molecule has 0 fully saturated rings.